The Balaban J connectivity index is 1.43. The summed E-state index contributed by atoms with van der Waals surface area (Å²) in [7, 11) is 0. The summed E-state index contributed by atoms with van der Waals surface area (Å²) in [6, 6.07) is 17.7. The molecule has 1 aliphatic heterocycles. The summed E-state index contributed by atoms with van der Waals surface area (Å²) in [5.41, 5.74) is 3.88. The smallest absolute Gasteiger partial charge is 0.253 e. The van der Waals surface area contributed by atoms with Crippen LogP contribution in [0.4, 0.5) is 11.6 Å². The van der Waals surface area contributed by atoms with Gasteiger partial charge in [0.1, 0.15) is 11.6 Å². The van der Waals surface area contributed by atoms with Crippen LogP contribution >= 0.6 is 0 Å². The highest BCUT2D eigenvalue weighted by Crippen LogP contribution is 2.28. The Bertz CT molecular complexity index is 1050. The molecule has 6 heteroatoms. The first-order valence-electron chi connectivity index (χ1n) is 11.3. The Morgan fingerprint density at radius 2 is 2.00 bits per heavy atom. The Kier molecular flexibility index (Phi) is 7.12. The highest BCUT2D eigenvalue weighted by molar-refractivity contribution is 5.94. The normalized spacial score (nSPS) is 16.1. The van der Waals surface area contributed by atoms with Crippen LogP contribution in [0.2, 0.25) is 0 Å². The standard InChI is InChI=1S/C26H30N4O2/c1-3-32-18-20-11-13-21(14-12-20)26(31)30-16-6-8-22(17-30)23-9-4-10-24(28-23)29-25-19(2)7-5-15-27-25/h4-5,7,9-15,22H,3,6,8,16-18H2,1-2H3,(H,27,28,29)/t22-/m1/s1. The number of rotatable bonds is 7. The van der Waals surface area contributed by atoms with Gasteiger partial charge in [-0.05, 0) is 68.1 Å². The Morgan fingerprint density at radius 3 is 2.78 bits per heavy atom. The minimum Gasteiger partial charge on any atom is -0.377 e. The quantitative estimate of drug-likeness (QED) is 0.566. The molecule has 1 aliphatic rings. The van der Waals surface area contributed by atoms with Gasteiger partial charge in [0.2, 0.25) is 0 Å². The summed E-state index contributed by atoms with van der Waals surface area (Å²) < 4.78 is 5.44. The van der Waals surface area contributed by atoms with Gasteiger partial charge in [0.05, 0.1) is 6.61 Å². The van der Waals surface area contributed by atoms with Crippen molar-refractivity contribution in [3.05, 3.63) is 83.2 Å². The molecule has 3 heterocycles. The number of hydrogen-bond acceptors (Lipinski definition) is 5. The van der Waals surface area contributed by atoms with Crippen molar-refractivity contribution in [2.75, 3.05) is 25.0 Å². The molecule has 1 aromatic carbocycles. The average molecular weight is 431 g/mol. The topological polar surface area (TPSA) is 67.3 Å². The van der Waals surface area contributed by atoms with Crippen molar-refractivity contribution < 1.29 is 9.53 Å². The zero-order chi connectivity index (χ0) is 22.3. The summed E-state index contributed by atoms with van der Waals surface area (Å²) >= 11 is 0. The number of carbonyl (C=O) groups excluding carboxylic acids is 1. The van der Waals surface area contributed by atoms with Gasteiger partial charge >= 0.3 is 0 Å². The van der Waals surface area contributed by atoms with E-state index in [1.807, 2.05) is 67.3 Å². The lowest BCUT2D eigenvalue weighted by Gasteiger charge is -2.32. The average Bonchev–Trinajstić information content (AvgIpc) is 2.84. The second kappa shape index (κ2) is 10.4. The van der Waals surface area contributed by atoms with Crippen LogP contribution in [-0.4, -0.2) is 40.5 Å². The molecule has 166 valence electrons. The SMILES string of the molecule is CCOCc1ccc(C(=O)N2CCC[C@@H](c3cccc(Nc4ncccc4C)n3)C2)cc1. The van der Waals surface area contributed by atoms with E-state index in [1.54, 1.807) is 6.20 Å². The second-order valence-corrected chi connectivity index (χ2v) is 8.17. The third-order valence-electron chi connectivity index (χ3n) is 5.83. The summed E-state index contributed by atoms with van der Waals surface area (Å²) in [6.07, 6.45) is 3.76. The maximum absolute atomic E-state index is 13.1. The number of anilines is 2. The molecule has 0 saturated carbocycles. The summed E-state index contributed by atoms with van der Waals surface area (Å²) in [4.78, 5) is 24.3. The number of carbonyl (C=O) groups is 1. The molecule has 2 aromatic heterocycles. The van der Waals surface area contributed by atoms with E-state index < -0.39 is 0 Å². The fourth-order valence-electron chi connectivity index (χ4n) is 4.04. The molecular weight excluding hydrogens is 400 g/mol. The molecule has 32 heavy (non-hydrogen) atoms. The van der Waals surface area contributed by atoms with Crippen LogP contribution in [0.25, 0.3) is 0 Å². The van der Waals surface area contributed by atoms with Crippen LogP contribution in [0.3, 0.4) is 0 Å². The molecule has 1 fully saturated rings. The van der Waals surface area contributed by atoms with Crippen molar-refractivity contribution in [2.24, 2.45) is 0 Å². The number of nitrogens with zero attached hydrogens (tertiary/aromatic N) is 3. The van der Waals surface area contributed by atoms with E-state index in [0.29, 0.717) is 19.8 Å². The zero-order valence-electron chi connectivity index (χ0n) is 18.8. The van der Waals surface area contributed by atoms with Crippen molar-refractivity contribution in [3.63, 3.8) is 0 Å². The van der Waals surface area contributed by atoms with Crippen molar-refractivity contribution in [1.82, 2.24) is 14.9 Å². The van der Waals surface area contributed by atoms with Crippen LogP contribution in [0, 0.1) is 6.92 Å². The fraction of sp³-hybridized carbons (Fsp3) is 0.346. The summed E-state index contributed by atoms with van der Waals surface area (Å²) in [6.45, 7) is 6.71. The second-order valence-electron chi connectivity index (χ2n) is 8.17. The Morgan fingerprint density at radius 1 is 1.16 bits per heavy atom. The number of likely N-dealkylation sites (tertiary alicyclic amines) is 1. The van der Waals surface area contributed by atoms with Crippen LogP contribution in [-0.2, 0) is 11.3 Å². The first kappa shape index (κ1) is 22.0. The number of aromatic nitrogens is 2. The summed E-state index contributed by atoms with van der Waals surface area (Å²) in [5.74, 6) is 1.88. The molecule has 3 aromatic rings. The Labute approximate surface area is 189 Å². The first-order valence-corrected chi connectivity index (χ1v) is 11.3. The van der Waals surface area contributed by atoms with Crippen molar-refractivity contribution >= 4 is 17.5 Å². The number of aryl methyl sites for hydroxylation is 1. The van der Waals surface area contributed by atoms with Gasteiger partial charge in [0, 0.05) is 43.1 Å². The van der Waals surface area contributed by atoms with Crippen molar-refractivity contribution in [3.8, 4) is 0 Å². The number of amides is 1. The van der Waals surface area contributed by atoms with Gasteiger partial charge in [0.25, 0.3) is 5.91 Å². The fourth-order valence-corrected chi connectivity index (χ4v) is 4.04. The maximum Gasteiger partial charge on any atom is 0.253 e. The lowest BCUT2D eigenvalue weighted by atomic mass is 9.93. The number of hydrogen-bond donors (Lipinski definition) is 1. The minimum atomic E-state index is 0.0797. The molecule has 1 N–H and O–H groups in total. The molecule has 0 aliphatic carbocycles. The molecule has 1 atom stereocenters. The highest BCUT2D eigenvalue weighted by Gasteiger charge is 2.26. The van der Waals surface area contributed by atoms with Crippen LogP contribution in [0.1, 0.15) is 52.9 Å². The van der Waals surface area contributed by atoms with E-state index in [2.05, 4.69) is 16.4 Å². The number of piperidine rings is 1. The molecule has 0 spiro atoms. The van der Waals surface area contributed by atoms with Gasteiger partial charge in [-0.15, -0.1) is 0 Å². The maximum atomic E-state index is 13.1. The molecule has 1 amide bonds. The van der Waals surface area contributed by atoms with Crippen molar-refractivity contribution in [1.29, 1.82) is 0 Å². The predicted molar refractivity (Wildman–Crippen MR) is 126 cm³/mol. The zero-order valence-corrected chi connectivity index (χ0v) is 18.8. The van der Waals surface area contributed by atoms with Gasteiger partial charge in [-0.2, -0.15) is 0 Å². The van der Waals surface area contributed by atoms with Crippen LogP contribution in [0.5, 0.6) is 0 Å². The lowest BCUT2D eigenvalue weighted by Crippen LogP contribution is -2.39. The number of nitrogens with one attached hydrogen (secondary N) is 1. The van der Waals surface area contributed by atoms with E-state index in [1.165, 1.54) is 0 Å². The Hall–Kier alpha value is -3.25. The minimum absolute atomic E-state index is 0.0797. The molecule has 0 radical (unpaired) electrons. The van der Waals surface area contributed by atoms with E-state index >= 15 is 0 Å². The van der Waals surface area contributed by atoms with Gasteiger partial charge in [-0.25, -0.2) is 9.97 Å². The van der Waals surface area contributed by atoms with E-state index in [4.69, 9.17) is 9.72 Å². The van der Waals surface area contributed by atoms with E-state index in [0.717, 1.165) is 53.4 Å². The number of ether oxygens (including phenoxy) is 1. The molecule has 1 saturated heterocycles. The largest absolute Gasteiger partial charge is 0.377 e. The van der Waals surface area contributed by atoms with Gasteiger partial charge in [-0.3, -0.25) is 4.79 Å². The number of pyridine rings is 2. The van der Waals surface area contributed by atoms with Crippen molar-refractivity contribution in [2.45, 2.75) is 39.2 Å². The molecule has 4 rings (SSSR count). The van der Waals surface area contributed by atoms with Crippen LogP contribution < -0.4 is 5.32 Å². The molecule has 0 unspecified atom stereocenters. The third kappa shape index (κ3) is 5.32. The molecular formula is C26H30N4O2. The van der Waals surface area contributed by atoms with E-state index in [-0.39, 0.29) is 11.8 Å². The monoisotopic (exact) mass is 430 g/mol. The first-order chi connectivity index (χ1) is 15.6. The van der Waals surface area contributed by atoms with Gasteiger partial charge in [-0.1, -0.05) is 24.3 Å². The lowest BCUT2D eigenvalue weighted by molar-refractivity contribution is 0.0705. The molecule has 6 nitrogen and oxygen atoms in total. The molecule has 0 bridgehead atoms. The number of benzene rings is 1. The summed E-state index contributed by atoms with van der Waals surface area (Å²) in [5, 5.41) is 3.32. The third-order valence-corrected chi connectivity index (χ3v) is 5.83. The van der Waals surface area contributed by atoms with Gasteiger partial charge < -0.3 is 15.0 Å². The predicted octanol–water partition coefficient (Wildman–Crippen LogP) is 5.08. The highest BCUT2D eigenvalue weighted by atomic mass is 16.5. The van der Waals surface area contributed by atoms with Crippen LogP contribution in [0.15, 0.2) is 60.8 Å². The van der Waals surface area contributed by atoms with E-state index in [9.17, 15) is 4.79 Å². The van der Waals surface area contributed by atoms with Gasteiger partial charge in [0.15, 0.2) is 0 Å².